The highest BCUT2D eigenvalue weighted by molar-refractivity contribution is 5.76. The molecule has 1 heterocycles. The Hall–Kier alpha value is -1.42. The molecule has 1 fully saturated rings. The first-order chi connectivity index (χ1) is 9.76. The highest BCUT2D eigenvalue weighted by Gasteiger charge is 2.34. The van der Waals surface area contributed by atoms with E-state index in [0.29, 0.717) is 6.54 Å². The summed E-state index contributed by atoms with van der Waals surface area (Å²) in [6, 6.07) is 4.59. The van der Waals surface area contributed by atoms with Crippen LogP contribution in [0.15, 0.2) is 18.2 Å². The largest absolute Gasteiger partial charge is 0.459 e. The van der Waals surface area contributed by atoms with E-state index < -0.39 is 5.60 Å². The van der Waals surface area contributed by atoms with Gasteiger partial charge in [0.25, 0.3) is 0 Å². The molecule has 0 radical (unpaired) electrons. The van der Waals surface area contributed by atoms with Gasteiger partial charge in [0, 0.05) is 6.54 Å². The first-order valence-electron chi connectivity index (χ1n) is 7.48. The molecule has 3 nitrogen and oxygen atoms in total. The highest BCUT2D eigenvalue weighted by atomic mass is 19.1. The molecule has 2 rings (SSSR count). The zero-order chi connectivity index (χ0) is 15.6. The lowest BCUT2D eigenvalue weighted by Crippen LogP contribution is -2.40. The molecule has 0 unspecified atom stereocenters. The first-order valence-corrected chi connectivity index (χ1v) is 7.48. The standard InChI is InChI=1S/C17H24FNO2/c1-12-7-8-14(18)10-13(12)11-19-9-5-6-15(19)16(20)21-17(2,3)4/h7-8,10,15H,5-6,9,11H2,1-4H3/t15-/m1/s1. The maximum absolute atomic E-state index is 13.4. The number of likely N-dealkylation sites (tertiary alicyclic amines) is 1. The van der Waals surface area contributed by atoms with E-state index in [9.17, 15) is 9.18 Å². The van der Waals surface area contributed by atoms with Crippen LogP contribution >= 0.6 is 0 Å². The van der Waals surface area contributed by atoms with Crippen LogP contribution in [0.4, 0.5) is 4.39 Å². The molecule has 1 aromatic rings. The molecular weight excluding hydrogens is 269 g/mol. The van der Waals surface area contributed by atoms with E-state index in [-0.39, 0.29) is 17.8 Å². The molecule has 4 heteroatoms. The van der Waals surface area contributed by atoms with E-state index in [1.807, 2.05) is 27.7 Å². The monoisotopic (exact) mass is 293 g/mol. The number of rotatable bonds is 3. The summed E-state index contributed by atoms with van der Waals surface area (Å²) in [6.45, 7) is 9.03. The van der Waals surface area contributed by atoms with E-state index in [2.05, 4.69) is 4.90 Å². The molecule has 1 aromatic carbocycles. The zero-order valence-electron chi connectivity index (χ0n) is 13.3. The second-order valence-corrected chi connectivity index (χ2v) is 6.73. The Morgan fingerprint density at radius 3 is 2.81 bits per heavy atom. The van der Waals surface area contributed by atoms with Gasteiger partial charge < -0.3 is 4.74 Å². The van der Waals surface area contributed by atoms with Gasteiger partial charge in [0.05, 0.1) is 0 Å². The Morgan fingerprint density at radius 2 is 2.14 bits per heavy atom. The Labute approximate surface area is 126 Å². The predicted molar refractivity (Wildman–Crippen MR) is 80.4 cm³/mol. The maximum atomic E-state index is 13.4. The molecule has 0 spiro atoms. The third kappa shape index (κ3) is 4.27. The van der Waals surface area contributed by atoms with Crippen molar-refractivity contribution in [3.63, 3.8) is 0 Å². The molecule has 1 saturated heterocycles. The van der Waals surface area contributed by atoms with Crippen LogP contribution in [0.1, 0.15) is 44.7 Å². The van der Waals surface area contributed by atoms with Gasteiger partial charge in [0.15, 0.2) is 0 Å². The number of ether oxygens (including phenoxy) is 1. The van der Waals surface area contributed by atoms with Crippen LogP contribution in [0, 0.1) is 12.7 Å². The van der Waals surface area contributed by atoms with Gasteiger partial charge in [-0.2, -0.15) is 0 Å². The number of aryl methyl sites for hydroxylation is 1. The normalized spacial score (nSPS) is 19.8. The van der Waals surface area contributed by atoms with Crippen LogP contribution < -0.4 is 0 Å². The molecule has 1 aliphatic rings. The summed E-state index contributed by atoms with van der Waals surface area (Å²) in [5, 5.41) is 0. The fourth-order valence-corrected chi connectivity index (χ4v) is 2.68. The van der Waals surface area contributed by atoms with Crippen molar-refractivity contribution in [2.45, 2.75) is 58.7 Å². The van der Waals surface area contributed by atoms with Gasteiger partial charge in [-0.25, -0.2) is 4.39 Å². The number of esters is 1. The number of carbonyl (C=O) groups excluding carboxylic acids is 1. The number of nitrogens with zero attached hydrogens (tertiary/aromatic N) is 1. The van der Waals surface area contributed by atoms with Gasteiger partial charge in [0.2, 0.25) is 0 Å². The van der Waals surface area contributed by atoms with Gasteiger partial charge in [-0.1, -0.05) is 6.07 Å². The number of carbonyl (C=O) groups is 1. The minimum atomic E-state index is -0.472. The topological polar surface area (TPSA) is 29.5 Å². The zero-order valence-corrected chi connectivity index (χ0v) is 13.3. The van der Waals surface area contributed by atoms with Crippen molar-refractivity contribution in [3.05, 3.63) is 35.1 Å². The van der Waals surface area contributed by atoms with E-state index in [1.54, 1.807) is 12.1 Å². The average molecular weight is 293 g/mol. The fourth-order valence-electron chi connectivity index (χ4n) is 2.68. The quantitative estimate of drug-likeness (QED) is 0.800. The minimum Gasteiger partial charge on any atom is -0.459 e. The van der Waals surface area contributed by atoms with Crippen molar-refractivity contribution in [1.29, 1.82) is 0 Å². The summed E-state index contributed by atoms with van der Waals surface area (Å²) in [4.78, 5) is 14.4. The lowest BCUT2D eigenvalue weighted by Gasteiger charge is -2.27. The SMILES string of the molecule is Cc1ccc(F)cc1CN1CCC[C@@H]1C(=O)OC(C)(C)C. The number of hydrogen-bond donors (Lipinski definition) is 0. The molecule has 116 valence electrons. The second-order valence-electron chi connectivity index (χ2n) is 6.73. The summed E-state index contributed by atoms with van der Waals surface area (Å²) in [7, 11) is 0. The Kier molecular flexibility index (Phi) is 4.67. The van der Waals surface area contributed by atoms with E-state index in [1.165, 1.54) is 6.07 Å². The van der Waals surface area contributed by atoms with Crippen molar-refractivity contribution < 1.29 is 13.9 Å². The molecule has 0 saturated carbocycles. The van der Waals surface area contributed by atoms with Gasteiger partial charge in [-0.05, 0) is 70.3 Å². The maximum Gasteiger partial charge on any atom is 0.323 e. The molecule has 0 N–H and O–H groups in total. The summed E-state index contributed by atoms with van der Waals surface area (Å²) in [6.07, 6.45) is 1.78. The van der Waals surface area contributed by atoms with Crippen LogP contribution in [0.3, 0.4) is 0 Å². The van der Waals surface area contributed by atoms with Crippen molar-refractivity contribution in [2.24, 2.45) is 0 Å². The highest BCUT2D eigenvalue weighted by Crippen LogP contribution is 2.24. The Bertz CT molecular complexity index is 522. The third-order valence-corrected chi connectivity index (χ3v) is 3.73. The second kappa shape index (κ2) is 6.14. The number of benzene rings is 1. The molecule has 1 aliphatic heterocycles. The van der Waals surface area contributed by atoms with Crippen molar-refractivity contribution in [2.75, 3.05) is 6.54 Å². The van der Waals surface area contributed by atoms with Crippen LogP contribution in [-0.2, 0) is 16.1 Å². The average Bonchev–Trinajstić information content (AvgIpc) is 2.80. The van der Waals surface area contributed by atoms with Gasteiger partial charge in [-0.15, -0.1) is 0 Å². The summed E-state index contributed by atoms with van der Waals surface area (Å²) < 4.78 is 18.9. The summed E-state index contributed by atoms with van der Waals surface area (Å²) >= 11 is 0. The lowest BCUT2D eigenvalue weighted by atomic mass is 10.1. The molecule has 0 bridgehead atoms. The van der Waals surface area contributed by atoms with Crippen molar-refractivity contribution >= 4 is 5.97 Å². The molecule has 21 heavy (non-hydrogen) atoms. The Balaban J connectivity index is 2.08. The van der Waals surface area contributed by atoms with Crippen LogP contribution in [0.25, 0.3) is 0 Å². The number of halogens is 1. The van der Waals surface area contributed by atoms with Gasteiger partial charge >= 0.3 is 5.97 Å². The van der Waals surface area contributed by atoms with Crippen molar-refractivity contribution in [3.8, 4) is 0 Å². The minimum absolute atomic E-state index is 0.172. The van der Waals surface area contributed by atoms with Crippen LogP contribution in [0.5, 0.6) is 0 Å². The molecule has 0 aromatic heterocycles. The third-order valence-electron chi connectivity index (χ3n) is 3.73. The molecule has 1 atom stereocenters. The molecular formula is C17H24FNO2. The molecule has 0 aliphatic carbocycles. The Morgan fingerprint density at radius 1 is 1.43 bits per heavy atom. The van der Waals surface area contributed by atoms with Crippen LogP contribution in [0.2, 0.25) is 0 Å². The predicted octanol–water partition coefficient (Wildman–Crippen LogP) is 3.44. The lowest BCUT2D eigenvalue weighted by molar-refractivity contribution is -0.160. The fraction of sp³-hybridized carbons (Fsp3) is 0.588. The number of hydrogen-bond acceptors (Lipinski definition) is 3. The first kappa shape index (κ1) is 16.0. The van der Waals surface area contributed by atoms with Crippen LogP contribution in [-0.4, -0.2) is 29.1 Å². The van der Waals surface area contributed by atoms with E-state index in [4.69, 9.17) is 4.74 Å². The smallest absolute Gasteiger partial charge is 0.323 e. The summed E-state index contributed by atoms with van der Waals surface area (Å²) in [5.74, 6) is -0.405. The van der Waals surface area contributed by atoms with Gasteiger partial charge in [-0.3, -0.25) is 9.69 Å². The molecule has 0 amide bonds. The van der Waals surface area contributed by atoms with Gasteiger partial charge in [0.1, 0.15) is 17.5 Å². The van der Waals surface area contributed by atoms with Crippen molar-refractivity contribution in [1.82, 2.24) is 4.90 Å². The van der Waals surface area contributed by atoms with E-state index >= 15 is 0 Å². The summed E-state index contributed by atoms with van der Waals surface area (Å²) in [5.41, 5.74) is 1.51. The van der Waals surface area contributed by atoms with E-state index in [0.717, 1.165) is 30.5 Å².